The molecule has 10 rings (SSSR count). The van der Waals surface area contributed by atoms with Crippen LogP contribution in [0.1, 0.15) is 0 Å². The molecule has 2 nitrogen and oxygen atoms in total. The van der Waals surface area contributed by atoms with Crippen molar-refractivity contribution in [1.29, 1.82) is 0 Å². The second-order valence-corrected chi connectivity index (χ2v) is 15.6. The molecular formula is C56H40N2S. The van der Waals surface area contributed by atoms with E-state index in [-0.39, 0.29) is 0 Å². The first kappa shape index (κ1) is 35.9. The molecule has 0 aliphatic heterocycles. The van der Waals surface area contributed by atoms with Crippen molar-refractivity contribution in [3.8, 4) is 43.8 Å². The molecule has 3 heteroatoms. The van der Waals surface area contributed by atoms with Crippen LogP contribution in [0.2, 0.25) is 0 Å². The Hall–Kier alpha value is -7.46. The SMILES string of the molecule is c1ccc(-c2ccc(N(c3ccc(-c4ccccc4)cc3)c3ccc(-c4sc5cc(N(c6ccccc6)c6ccccc6)ccc5c4-c4ccccc4)cc3)cc2)cc1. The topological polar surface area (TPSA) is 6.48 Å². The standard InChI is InChI=1S/C56H40N2S/c1-6-16-41(17-7-1)43-26-32-49(33-27-43)57(50-34-28-44(29-35-50)42-18-8-2-9-19-42)51-36-30-46(31-37-51)56-55(45-20-10-3-11-21-45)53-39-38-52(40-54(53)59-56)58(47-22-12-4-13-23-47)48-24-14-5-15-25-48/h1-40H. The van der Waals surface area contributed by atoms with Crippen LogP contribution >= 0.6 is 11.3 Å². The number of hydrogen-bond donors (Lipinski definition) is 0. The van der Waals surface area contributed by atoms with Gasteiger partial charge in [0.05, 0.1) is 0 Å². The number of para-hydroxylation sites is 2. The summed E-state index contributed by atoms with van der Waals surface area (Å²) in [6.45, 7) is 0. The number of fused-ring (bicyclic) bond motifs is 1. The monoisotopic (exact) mass is 772 g/mol. The van der Waals surface area contributed by atoms with Crippen molar-refractivity contribution < 1.29 is 0 Å². The van der Waals surface area contributed by atoms with Crippen molar-refractivity contribution in [2.24, 2.45) is 0 Å². The van der Waals surface area contributed by atoms with E-state index in [1.54, 1.807) is 0 Å². The van der Waals surface area contributed by atoms with Crippen molar-refractivity contribution in [2.45, 2.75) is 0 Å². The summed E-state index contributed by atoms with van der Waals surface area (Å²) in [6.07, 6.45) is 0. The molecular weight excluding hydrogens is 733 g/mol. The predicted octanol–water partition coefficient (Wildman–Crippen LogP) is 16.5. The van der Waals surface area contributed by atoms with Gasteiger partial charge in [-0.05, 0) is 106 Å². The van der Waals surface area contributed by atoms with Gasteiger partial charge in [-0.3, -0.25) is 0 Å². The third-order valence-corrected chi connectivity index (χ3v) is 12.1. The maximum atomic E-state index is 2.35. The minimum absolute atomic E-state index is 1.10. The van der Waals surface area contributed by atoms with E-state index in [0.717, 1.165) is 34.1 Å². The van der Waals surface area contributed by atoms with Crippen molar-refractivity contribution in [1.82, 2.24) is 0 Å². The fraction of sp³-hybridized carbons (Fsp3) is 0. The molecule has 0 aliphatic carbocycles. The molecule has 0 bridgehead atoms. The highest BCUT2D eigenvalue weighted by atomic mass is 32.1. The molecule has 0 spiro atoms. The lowest BCUT2D eigenvalue weighted by molar-refractivity contribution is 1.28. The van der Waals surface area contributed by atoms with Crippen LogP contribution in [0.3, 0.4) is 0 Å². The van der Waals surface area contributed by atoms with Crippen LogP contribution in [0.25, 0.3) is 53.9 Å². The van der Waals surface area contributed by atoms with E-state index in [1.807, 2.05) is 11.3 Å². The van der Waals surface area contributed by atoms with Gasteiger partial charge in [0, 0.05) is 54.7 Å². The predicted molar refractivity (Wildman–Crippen MR) is 253 cm³/mol. The summed E-state index contributed by atoms with van der Waals surface area (Å²) >= 11 is 1.86. The number of hydrogen-bond acceptors (Lipinski definition) is 3. The second kappa shape index (κ2) is 16.2. The molecule has 0 amide bonds. The highest BCUT2D eigenvalue weighted by Crippen LogP contribution is 2.48. The molecule has 9 aromatic carbocycles. The van der Waals surface area contributed by atoms with Crippen molar-refractivity contribution >= 4 is 55.5 Å². The average molecular weight is 773 g/mol. The van der Waals surface area contributed by atoms with Gasteiger partial charge in [-0.15, -0.1) is 11.3 Å². The van der Waals surface area contributed by atoms with Crippen LogP contribution in [0.4, 0.5) is 34.1 Å². The minimum atomic E-state index is 1.10. The first-order valence-electron chi connectivity index (χ1n) is 20.0. The lowest BCUT2D eigenvalue weighted by Gasteiger charge is -2.26. The zero-order valence-corrected chi connectivity index (χ0v) is 33.2. The Bertz CT molecular complexity index is 2810. The van der Waals surface area contributed by atoms with Crippen LogP contribution in [0, 0.1) is 0 Å². The molecule has 1 aromatic heterocycles. The van der Waals surface area contributed by atoms with Gasteiger partial charge in [0.25, 0.3) is 0 Å². The van der Waals surface area contributed by atoms with Crippen LogP contribution < -0.4 is 9.80 Å². The van der Waals surface area contributed by atoms with Crippen molar-refractivity contribution in [3.63, 3.8) is 0 Å². The Balaban J connectivity index is 1.06. The van der Waals surface area contributed by atoms with E-state index in [0.29, 0.717) is 0 Å². The Morgan fingerprint density at radius 2 is 0.576 bits per heavy atom. The third kappa shape index (κ3) is 7.32. The Morgan fingerprint density at radius 1 is 0.254 bits per heavy atom. The lowest BCUT2D eigenvalue weighted by Crippen LogP contribution is -2.09. The molecule has 0 aliphatic rings. The summed E-state index contributed by atoms with van der Waals surface area (Å²) in [7, 11) is 0. The molecule has 0 saturated carbocycles. The molecule has 10 aromatic rings. The average Bonchev–Trinajstić information content (AvgIpc) is 3.70. The summed E-state index contributed by atoms with van der Waals surface area (Å²) in [5, 5.41) is 1.25. The maximum Gasteiger partial charge on any atom is 0.0476 e. The van der Waals surface area contributed by atoms with Crippen LogP contribution in [0.5, 0.6) is 0 Å². The Kier molecular flexibility index (Phi) is 9.85. The molecule has 0 radical (unpaired) electrons. The lowest BCUT2D eigenvalue weighted by atomic mass is 9.98. The molecule has 0 fully saturated rings. The zero-order valence-electron chi connectivity index (χ0n) is 32.4. The van der Waals surface area contributed by atoms with E-state index in [4.69, 9.17) is 0 Å². The van der Waals surface area contributed by atoms with Gasteiger partial charge in [0.2, 0.25) is 0 Å². The summed E-state index contributed by atoms with van der Waals surface area (Å²) in [5.74, 6) is 0. The van der Waals surface area contributed by atoms with Crippen molar-refractivity contribution in [2.75, 3.05) is 9.80 Å². The summed E-state index contributed by atoms with van der Waals surface area (Å²) in [5.41, 5.74) is 15.2. The molecule has 1 heterocycles. The highest BCUT2D eigenvalue weighted by Gasteiger charge is 2.20. The van der Waals surface area contributed by atoms with E-state index in [1.165, 1.54) is 53.9 Å². The number of anilines is 6. The molecule has 0 unspecified atom stereocenters. The maximum absolute atomic E-state index is 2.35. The number of benzene rings is 9. The summed E-state index contributed by atoms with van der Waals surface area (Å²) in [6, 6.07) is 87.0. The summed E-state index contributed by atoms with van der Waals surface area (Å²) < 4.78 is 1.25. The first-order valence-corrected chi connectivity index (χ1v) is 20.8. The van der Waals surface area contributed by atoms with E-state index >= 15 is 0 Å². The van der Waals surface area contributed by atoms with Crippen molar-refractivity contribution in [3.05, 3.63) is 243 Å². The molecule has 0 N–H and O–H groups in total. The molecule has 0 atom stereocenters. The third-order valence-electron chi connectivity index (χ3n) is 10.9. The van der Waals surface area contributed by atoms with E-state index in [9.17, 15) is 0 Å². The zero-order chi connectivity index (χ0) is 39.4. The number of thiophene rings is 1. The molecule has 280 valence electrons. The number of nitrogens with zero attached hydrogens (tertiary/aromatic N) is 2. The normalized spacial score (nSPS) is 11.1. The van der Waals surface area contributed by atoms with E-state index in [2.05, 4.69) is 252 Å². The number of rotatable bonds is 10. The molecule has 59 heavy (non-hydrogen) atoms. The van der Waals surface area contributed by atoms with Crippen LogP contribution in [-0.2, 0) is 0 Å². The van der Waals surface area contributed by atoms with Gasteiger partial charge >= 0.3 is 0 Å². The first-order chi connectivity index (χ1) is 29.3. The minimum Gasteiger partial charge on any atom is -0.311 e. The largest absolute Gasteiger partial charge is 0.311 e. The quantitative estimate of drug-likeness (QED) is 0.137. The van der Waals surface area contributed by atoms with Gasteiger partial charge in [-0.1, -0.05) is 170 Å². The van der Waals surface area contributed by atoms with E-state index < -0.39 is 0 Å². The van der Waals surface area contributed by atoms with Gasteiger partial charge in [-0.25, -0.2) is 0 Å². The molecule has 0 saturated heterocycles. The smallest absolute Gasteiger partial charge is 0.0476 e. The fourth-order valence-corrected chi connectivity index (χ4v) is 9.26. The Morgan fingerprint density at radius 3 is 1.02 bits per heavy atom. The van der Waals surface area contributed by atoms with Gasteiger partial charge < -0.3 is 9.80 Å². The Labute approximate surface area is 350 Å². The van der Waals surface area contributed by atoms with Crippen LogP contribution in [-0.4, -0.2) is 0 Å². The van der Waals surface area contributed by atoms with Crippen LogP contribution in [0.15, 0.2) is 243 Å². The highest BCUT2D eigenvalue weighted by molar-refractivity contribution is 7.23. The summed E-state index contributed by atoms with van der Waals surface area (Å²) in [4.78, 5) is 5.94. The van der Waals surface area contributed by atoms with Gasteiger partial charge in [0.15, 0.2) is 0 Å². The second-order valence-electron chi connectivity index (χ2n) is 14.6. The van der Waals surface area contributed by atoms with Gasteiger partial charge in [0.1, 0.15) is 0 Å². The van der Waals surface area contributed by atoms with Gasteiger partial charge in [-0.2, -0.15) is 0 Å². The fourth-order valence-electron chi connectivity index (χ4n) is 8.00.